The fraction of sp³-hybridized carbons (Fsp3) is 0.467. The van der Waals surface area contributed by atoms with Gasteiger partial charge in [0.15, 0.2) is 0 Å². The molecule has 1 saturated carbocycles. The van der Waals surface area contributed by atoms with Gasteiger partial charge in [-0.2, -0.15) is 4.98 Å². The molecule has 1 aliphatic rings. The van der Waals surface area contributed by atoms with Crippen LogP contribution in [0.1, 0.15) is 31.6 Å². The van der Waals surface area contributed by atoms with Gasteiger partial charge in [0.2, 0.25) is 11.7 Å². The van der Waals surface area contributed by atoms with E-state index in [0.717, 1.165) is 24.8 Å². The van der Waals surface area contributed by atoms with Crippen LogP contribution in [0.5, 0.6) is 0 Å². The van der Waals surface area contributed by atoms with Gasteiger partial charge in [0, 0.05) is 28.1 Å². The Hall–Kier alpha value is -1.10. The zero-order chi connectivity index (χ0) is 14.8. The average molecular weight is 326 g/mol. The Morgan fingerprint density at radius 2 is 1.86 bits per heavy atom. The van der Waals surface area contributed by atoms with E-state index in [1.165, 1.54) is 12.8 Å². The highest BCUT2D eigenvalue weighted by Crippen LogP contribution is 2.28. The van der Waals surface area contributed by atoms with Crippen molar-refractivity contribution in [2.75, 3.05) is 0 Å². The van der Waals surface area contributed by atoms with E-state index in [1.54, 1.807) is 18.2 Å². The number of hydrogen-bond donors (Lipinski definition) is 1. The minimum absolute atomic E-state index is 0.231. The molecule has 1 heterocycles. The van der Waals surface area contributed by atoms with Crippen molar-refractivity contribution in [3.8, 4) is 11.4 Å². The molecule has 2 aromatic rings. The topological polar surface area (TPSA) is 64.9 Å². The first-order chi connectivity index (χ1) is 10.1. The van der Waals surface area contributed by atoms with Crippen LogP contribution in [0, 0.1) is 5.92 Å². The van der Waals surface area contributed by atoms with Crippen LogP contribution in [-0.2, 0) is 6.42 Å². The molecule has 1 aliphatic carbocycles. The van der Waals surface area contributed by atoms with E-state index in [-0.39, 0.29) is 6.04 Å². The Morgan fingerprint density at radius 1 is 1.14 bits per heavy atom. The summed E-state index contributed by atoms with van der Waals surface area (Å²) in [5, 5.41) is 5.12. The lowest BCUT2D eigenvalue weighted by molar-refractivity contribution is 0.273. The molecule has 1 aromatic heterocycles. The van der Waals surface area contributed by atoms with Gasteiger partial charge >= 0.3 is 0 Å². The summed E-state index contributed by atoms with van der Waals surface area (Å²) in [7, 11) is 0. The largest absolute Gasteiger partial charge is 0.339 e. The van der Waals surface area contributed by atoms with Gasteiger partial charge in [-0.1, -0.05) is 41.2 Å². The first-order valence-corrected chi connectivity index (χ1v) is 7.92. The maximum atomic E-state index is 6.16. The minimum Gasteiger partial charge on any atom is -0.339 e. The first kappa shape index (κ1) is 14.8. The number of benzene rings is 1. The second-order valence-electron chi connectivity index (χ2n) is 5.58. The van der Waals surface area contributed by atoms with E-state index in [9.17, 15) is 0 Å². The third-order valence-electron chi connectivity index (χ3n) is 3.99. The van der Waals surface area contributed by atoms with Crippen molar-refractivity contribution >= 4 is 23.2 Å². The molecule has 21 heavy (non-hydrogen) atoms. The van der Waals surface area contributed by atoms with Gasteiger partial charge < -0.3 is 10.3 Å². The number of rotatable bonds is 3. The fourth-order valence-corrected chi connectivity index (χ4v) is 3.38. The SMILES string of the molecule is NC1CCCCC1Cc1nc(-c2cc(Cl)cc(Cl)c2)no1. The average Bonchev–Trinajstić information content (AvgIpc) is 2.89. The summed E-state index contributed by atoms with van der Waals surface area (Å²) in [6.07, 6.45) is 5.39. The molecule has 3 rings (SSSR count). The van der Waals surface area contributed by atoms with E-state index in [0.29, 0.717) is 27.7 Å². The number of halogens is 2. The number of aromatic nitrogens is 2. The van der Waals surface area contributed by atoms with E-state index in [2.05, 4.69) is 10.1 Å². The van der Waals surface area contributed by atoms with E-state index < -0.39 is 0 Å². The molecule has 1 fully saturated rings. The molecule has 0 saturated heterocycles. The molecule has 1 aromatic carbocycles. The molecular formula is C15H17Cl2N3O. The van der Waals surface area contributed by atoms with Crippen molar-refractivity contribution in [1.29, 1.82) is 0 Å². The second kappa shape index (κ2) is 6.34. The lowest BCUT2D eigenvalue weighted by Gasteiger charge is -2.27. The molecule has 4 nitrogen and oxygen atoms in total. The predicted octanol–water partition coefficient (Wildman–Crippen LogP) is 4.10. The normalized spacial score (nSPS) is 22.4. The lowest BCUT2D eigenvalue weighted by atomic mass is 9.83. The zero-order valence-corrected chi connectivity index (χ0v) is 13.1. The van der Waals surface area contributed by atoms with Gasteiger partial charge in [-0.25, -0.2) is 0 Å². The maximum absolute atomic E-state index is 6.16. The third kappa shape index (κ3) is 3.57. The van der Waals surface area contributed by atoms with Gasteiger partial charge in [-0.15, -0.1) is 0 Å². The van der Waals surface area contributed by atoms with Crippen LogP contribution in [0.15, 0.2) is 22.7 Å². The van der Waals surface area contributed by atoms with Gasteiger partial charge in [-0.3, -0.25) is 0 Å². The molecule has 2 atom stereocenters. The third-order valence-corrected chi connectivity index (χ3v) is 4.43. The maximum Gasteiger partial charge on any atom is 0.227 e. The molecular weight excluding hydrogens is 309 g/mol. The Balaban J connectivity index is 1.76. The van der Waals surface area contributed by atoms with Crippen molar-refractivity contribution in [1.82, 2.24) is 10.1 Å². The molecule has 0 aliphatic heterocycles. The van der Waals surface area contributed by atoms with E-state index in [4.69, 9.17) is 33.5 Å². The van der Waals surface area contributed by atoms with Gasteiger partial charge in [0.05, 0.1) is 0 Å². The number of hydrogen-bond acceptors (Lipinski definition) is 4. The molecule has 2 unspecified atom stereocenters. The minimum atomic E-state index is 0.231. The second-order valence-corrected chi connectivity index (χ2v) is 6.46. The Morgan fingerprint density at radius 3 is 2.57 bits per heavy atom. The molecule has 0 amide bonds. The van der Waals surface area contributed by atoms with Crippen LogP contribution in [0.2, 0.25) is 10.0 Å². The van der Waals surface area contributed by atoms with Crippen molar-refractivity contribution in [2.24, 2.45) is 11.7 Å². The highest BCUT2D eigenvalue weighted by atomic mass is 35.5. The zero-order valence-electron chi connectivity index (χ0n) is 11.6. The van der Waals surface area contributed by atoms with Crippen molar-refractivity contribution < 1.29 is 4.52 Å². The van der Waals surface area contributed by atoms with E-state index >= 15 is 0 Å². The Labute approximate surface area is 133 Å². The van der Waals surface area contributed by atoms with Crippen LogP contribution in [0.4, 0.5) is 0 Å². The summed E-state index contributed by atoms with van der Waals surface area (Å²) in [4.78, 5) is 4.44. The van der Waals surface area contributed by atoms with Crippen molar-refractivity contribution in [3.63, 3.8) is 0 Å². The molecule has 0 bridgehead atoms. The monoisotopic (exact) mass is 325 g/mol. The fourth-order valence-electron chi connectivity index (χ4n) is 2.85. The van der Waals surface area contributed by atoms with Gasteiger partial charge in [-0.05, 0) is 37.0 Å². The van der Waals surface area contributed by atoms with Crippen molar-refractivity contribution in [3.05, 3.63) is 34.1 Å². The Kier molecular flexibility index (Phi) is 4.48. The lowest BCUT2D eigenvalue weighted by Crippen LogP contribution is -2.34. The number of nitrogens with two attached hydrogens (primary N) is 1. The first-order valence-electron chi connectivity index (χ1n) is 7.16. The molecule has 0 radical (unpaired) electrons. The van der Waals surface area contributed by atoms with Gasteiger partial charge in [0.1, 0.15) is 0 Å². The number of nitrogens with zero attached hydrogens (tertiary/aromatic N) is 2. The summed E-state index contributed by atoms with van der Waals surface area (Å²) in [5.74, 6) is 1.57. The van der Waals surface area contributed by atoms with Crippen LogP contribution < -0.4 is 5.73 Å². The summed E-state index contributed by atoms with van der Waals surface area (Å²) < 4.78 is 5.35. The van der Waals surface area contributed by atoms with Crippen LogP contribution in [0.3, 0.4) is 0 Å². The highest BCUT2D eigenvalue weighted by Gasteiger charge is 2.24. The van der Waals surface area contributed by atoms with Crippen LogP contribution in [0.25, 0.3) is 11.4 Å². The molecule has 112 valence electrons. The van der Waals surface area contributed by atoms with Crippen molar-refractivity contribution in [2.45, 2.75) is 38.1 Å². The van der Waals surface area contributed by atoms with Crippen LogP contribution >= 0.6 is 23.2 Å². The standard InChI is InChI=1S/C15H17Cl2N3O/c16-11-5-10(6-12(17)8-11)15-19-14(21-20-15)7-9-3-1-2-4-13(9)18/h5-6,8-9,13H,1-4,7,18H2. The molecule has 6 heteroatoms. The Bertz CT molecular complexity index is 609. The summed E-state index contributed by atoms with van der Waals surface area (Å²) in [5.41, 5.74) is 6.92. The van der Waals surface area contributed by atoms with Gasteiger partial charge in [0.25, 0.3) is 0 Å². The predicted molar refractivity (Wildman–Crippen MR) is 83.4 cm³/mol. The van der Waals surface area contributed by atoms with Crippen LogP contribution in [-0.4, -0.2) is 16.2 Å². The molecule has 0 spiro atoms. The smallest absolute Gasteiger partial charge is 0.227 e. The quantitative estimate of drug-likeness (QED) is 0.922. The summed E-state index contributed by atoms with van der Waals surface area (Å²) >= 11 is 12.0. The van der Waals surface area contributed by atoms with E-state index in [1.807, 2.05) is 0 Å². The summed E-state index contributed by atoms with van der Waals surface area (Å²) in [6, 6.07) is 5.45. The summed E-state index contributed by atoms with van der Waals surface area (Å²) in [6.45, 7) is 0. The molecule has 2 N–H and O–H groups in total. The highest BCUT2D eigenvalue weighted by molar-refractivity contribution is 6.35.